The van der Waals surface area contributed by atoms with Gasteiger partial charge in [0.2, 0.25) is 0 Å². The molecule has 1 rings (SSSR count). The van der Waals surface area contributed by atoms with Crippen LogP contribution in [-0.2, 0) is 14.3 Å². The van der Waals surface area contributed by atoms with E-state index in [1.807, 2.05) is 12.1 Å². The predicted molar refractivity (Wildman–Crippen MR) is 61.8 cm³/mol. The molecule has 0 bridgehead atoms. The van der Waals surface area contributed by atoms with E-state index >= 15 is 0 Å². The van der Waals surface area contributed by atoms with Gasteiger partial charge in [-0.2, -0.15) is 10.5 Å². The quantitative estimate of drug-likeness (QED) is 0.707. The summed E-state index contributed by atoms with van der Waals surface area (Å²) in [5, 5.41) is 17.7. The summed E-state index contributed by atoms with van der Waals surface area (Å²) in [7, 11) is 1.27. The monoisotopic (exact) mass is 248 g/mol. The summed E-state index contributed by atoms with van der Waals surface area (Å²) in [6, 6.07) is 3.92. The van der Waals surface area contributed by atoms with Crippen LogP contribution in [0.3, 0.4) is 0 Å². The van der Waals surface area contributed by atoms with E-state index in [1.54, 1.807) is 13.8 Å². The Morgan fingerprint density at radius 2 is 2.11 bits per heavy atom. The normalized spacial score (nSPS) is 34.7. The fourth-order valence-corrected chi connectivity index (χ4v) is 2.73. The Morgan fingerprint density at radius 1 is 1.50 bits per heavy atom. The van der Waals surface area contributed by atoms with Crippen LogP contribution >= 0.6 is 0 Å². The molecule has 3 atom stereocenters. The molecule has 0 aromatic carbocycles. The topological polar surface area (TPSA) is 90.9 Å². The zero-order chi connectivity index (χ0) is 14.0. The van der Waals surface area contributed by atoms with Gasteiger partial charge >= 0.3 is 5.97 Å². The molecule has 0 radical (unpaired) electrons. The second-order valence-electron chi connectivity index (χ2n) is 5.06. The van der Waals surface area contributed by atoms with Gasteiger partial charge < -0.3 is 4.74 Å². The summed E-state index contributed by atoms with van der Waals surface area (Å²) >= 11 is 0. The van der Waals surface area contributed by atoms with E-state index < -0.39 is 22.7 Å². The Balaban J connectivity index is 3.24. The molecule has 0 spiro atoms. The van der Waals surface area contributed by atoms with Crippen LogP contribution in [0, 0.1) is 39.4 Å². The Hall–Kier alpha value is -1.88. The molecule has 96 valence electrons. The van der Waals surface area contributed by atoms with Gasteiger partial charge in [-0.3, -0.25) is 9.59 Å². The smallest absolute Gasteiger partial charge is 0.312 e. The van der Waals surface area contributed by atoms with E-state index in [0.717, 1.165) is 0 Å². The zero-order valence-corrected chi connectivity index (χ0v) is 10.8. The minimum Gasteiger partial charge on any atom is -0.469 e. The average molecular weight is 248 g/mol. The number of esters is 1. The number of ether oxygens (including phenoxy) is 1. The van der Waals surface area contributed by atoms with Crippen LogP contribution in [0.2, 0.25) is 0 Å². The molecule has 0 aromatic heterocycles. The van der Waals surface area contributed by atoms with Crippen LogP contribution in [0.15, 0.2) is 0 Å². The molecule has 1 aliphatic rings. The summed E-state index contributed by atoms with van der Waals surface area (Å²) in [5.41, 5.74) is -2.04. The lowest BCUT2D eigenvalue weighted by atomic mass is 9.65. The maximum atomic E-state index is 12.3. The highest BCUT2D eigenvalue weighted by molar-refractivity contribution is 5.98. The van der Waals surface area contributed by atoms with E-state index in [9.17, 15) is 9.59 Å². The molecule has 1 saturated carbocycles. The average Bonchev–Trinajstić information content (AvgIpc) is 2.58. The number of hydrogen-bond donors (Lipinski definition) is 0. The van der Waals surface area contributed by atoms with Crippen molar-refractivity contribution in [1.29, 1.82) is 10.5 Å². The molecule has 0 N–H and O–H groups in total. The summed E-state index contributed by atoms with van der Waals surface area (Å²) in [6.07, 6.45) is 0.607. The van der Waals surface area contributed by atoms with Crippen LogP contribution < -0.4 is 0 Å². The third kappa shape index (κ3) is 1.76. The maximum Gasteiger partial charge on any atom is 0.312 e. The largest absolute Gasteiger partial charge is 0.469 e. The third-order valence-corrected chi connectivity index (χ3v) is 4.22. The lowest BCUT2D eigenvalue weighted by Gasteiger charge is -2.36. The van der Waals surface area contributed by atoms with E-state index in [1.165, 1.54) is 7.11 Å². The van der Waals surface area contributed by atoms with Crippen molar-refractivity contribution in [1.82, 2.24) is 0 Å². The first-order valence-electron chi connectivity index (χ1n) is 5.76. The van der Waals surface area contributed by atoms with Gasteiger partial charge in [-0.15, -0.1) is 0 Å². The van der Waals surface area contributed by atoms with Gasteiger partial charge in [0.1, 0.15) is 5.92 Å². The van der Waals surface area contributed by atoms with Gasteiger partial charge in [0.05, 0.1) is 24.7 Å². The predicted octanol–water partition coefficient (Wildman–Crippen LogP) is 1.59. The molecule has 5 nitrogen and oxygen atoms in total. The number of hydrogen-bond acceptors (Lipinski definition) is 5. The first kappa shape index (κ1) is 14.2. The fourth-order valence-electron chi connectivity index (χ4n) is 2.73. The first-order chi connectivity index (χ1) is 8.37. The SMILES string of the molecule is COC(=O)[C@]1(C)CC(C#N)C(=O)[C@@]1(C)CCC#N. The number of carbonyl (C=O) groups is 2. The molecule has 0 saturated heterocycles. The van der Waals surface area contributed by atoms with E-state index in [-0.39, 0.29) is 25.0 Å². The van der Waals surface area contributed by atoms with Crippen LogP contribution in [0.1, 0.15) is 33.1 Å². The third-order valence-electron chi connectivity index (χ3n) is 4.22. The van der Waals surface area contributed by atoms with Gasteiger partial charge in [0, 0.05) is 11.8 Å². The zero-order valence-electron chi connectivity index (χ0n) is 10.8. The van der Waals surface area contributed by atoms with Crippen molar-refractivity contribution in [3.05, 3.63) is 0 Å². The molecule has 0 aromatic rings. The van der Waals surface area contributed by atoms with Crippen LogP contribution in [0.4, 0.5) is 0 Å². The van der Waals surface area contributed by atoms with Crippen LogP contribution in [0.25, 0.3) is 0 Å². The van der Waals surface area contributed by atoms with Crippen LogP contribution in [-0.4, -0.2) is 18.9 Å². The number of Topliss-reactive ketones (excluding diaryl/α,β-unsaturated/α-hetero) is 1. The Bertz CT molecular complexity index is 460. The van der Waals surface area contributed by atoms with Crippen molar-refractivity contribution in [2.75, 3.05) is 7.11 Å². The molecule has 1 unspecified atom stereocenters. The summed E-state index contributed by atoms with van der Waals surface area (Å²) in [6.45, 7) is 3.30. The molecular weight excluding hydrogens is 232 g/mol. The van der Waals surface area contributed by atoms with Gasteiger partial charge in [-0.25, -0.2) is 0 Å². The number of rotatable bonds is 3. The van der Waals surface area contributed by atoms with Gasteiger partial charge in [-0.05, 0) is 19.8 Å². The van der Waals surface area contributed by atoms with Gasteiger partial charge in [0.15, 0.2) is 5.78 Å². The van der Waals surface area contributed by atoms with E-state index in [4.69, 9.17) is 15.3 Å². The molecule has 18 heavy (non-hydrogen) atoms. The molecule has 1 aliphatic carbocycles. The number of ketones is 1. The number of carbonyl (C=O) groups excluding carboxylic acids is 2. The van der Waals surface area contributed by atoms with E-state index in [0.29, 0.717) is 0 Å². The second kappa shape index (κ2) is 4.78. The first-order valence-corrected chi connectivity index (χ1v) is 5.76. The summed E-state index contributed by atoms with van der Waals surface area (Å²) in [5.74, 6) is -1.54. The summed E-state index contributed by atoms with van der Waals surface area (Å²) < 4.78 is 4.77. The molecule has 0 amide bonds. The molecule has 5 heteroatoms. The second-order valence-corrected chi connectivity index (χ2v) is 5.06. The maximum absolute atomic E-state index is 12.3. The van der Waals surface area contributed by atoms with Crippen molar-refractivity contribution < 1.29 is 14.3 Å². The minimum atomic E-state index is -1.03. The lowest BCUT2D eigenvalue weighted by molar-refractivity contribution is -0.160. The fraction of sp³-hybridized carbons (Fsp3) is 0.692. The highest BCUT2D eigenvalue weighted by Gasteiger charge is 2.63. The molecule has 1 fully saturated rings. The highest BCUT2D eigenvalue weighted by Crippen LogP contribution is 2.55. The van der Waals surface area contributed by atoms with Gasteiger partial charge in [-0.1, -0.05) is 6.92 Å². The van der Waals surface area contributed by atoms with E-state index in [2.05, 4.69) is 0 Å². The number of nitriles is 2. The Labute approximate surface area is 106 Å². The molecular formula is C13H16N2O3. The van der Waals surface area contributed by atoms with Crippen molar-refractivity contribution in [2.45, 2.75) is 33.1 Å². The lowest BCUT2D eigenvalue weighted by Crippen LogP contribution is -2.43. The minimum absolute atomic E-state index is 0.164. The standard InChI is InChI=1S/C13H16N2O3/c1-12(5-4-6-14)10(16)9(8-15)7-13(12,2)11(17)18-3/h9H,4-5,7H2,1-3H3/t9?,12-,13+/m1/s1. The summed E-state index contributed by atoms with van der Waals surface area (Å²) in [4.78, 5) is 24.2. The van der Waals surface area contributed by atoms with Gasteiger partial charge in [0.25, 0.3) is 0 Å². The Morgan fingerprint density at radius 3 is 2.56 bits per heavy atom. The van der Waals surface area contributed by atoms with Crippen molar-refractivity contribution in [3.8, 4) is 12.1 Å². The number of methoxy groups -OCH3 is 1. The van der Waals surface area contributed by atoms with Crippen LogP contribution in [0.5, 0.6) is 0 Å². The van der Waals surface area contributed by atoms with Crippen molar-refractivity contribution >= 4 is 11.8 Å². The molecule has 0 heterocycles. The van der Waals surface area contributed by atoms with Crippen molar-refractivity contribution in [3.63, 3.8) is 0 Å². The number of nitrogens with zero attached hydrogens (tertiary/aromatic N) is 2. The molecule has 0 aliphatic heterocycles. The highest BCUT2D eigenvalue weighted by atomic mass is 16.5. The van der Waals surface area contributed by atoms with Crippen molar-refractivity contribution in [2.24, 2.45) is 16.7 Å². The Kier molecular flexibility index (Phi) is 3.76.